The highest BCUT2D eigenvalue weighted by Gasteiger charge is 2.33. The number of hydrogen-bond acceptors (Lipinski definition) is 2. The number of carbonyl (C=O) groups excluding carboxylic acids is 1. The number of aliphatic carboxylic acids is 1. The molecule has 1 amide bonds. The van der Waals surface area contributed by atoms with E-state index in [-0.39, 0.29) is 18.9 Å². The Morgan fingerprint density at radius 1 is 1.18 bits per heavy atom. The molecular weight excluding hydrogens is 371 g/mol. The molecule has 0 bridgehead atoms. The molecule has 0 aliphatic carbocycles. The zero-order chi connectivity index (χ0) is 20.5. The third-order valence-electron chi connectivity index (χ3n) is 5.11. The maximum Gasteiger partial charge on any atom is 0.416 e. The Morgan fingerprint density at radius 3 is 2.57 bits per heavy atom. The molecule has 1 N–H and O–H groups in total. The van der Waals surface area contributed by atoms with E-state index in [9.17, 15) is 27.9 Å². The van der Waals surface area contributed by atoms with E-state index in [0.29, 0.717) is 17.7 Å². The van der Waals surface area contributed by atoms with E-state index in [4.69, 9.17) is 0 Å². The zero-order valence-electron chi connectivity index (χ0n) is 15.2. The summed E-state index contributed by atoms with van der Waals surface area (Å²) >= 11 is 0. The number of carboxylic acids is 1. The van der Waals surface area contributed by atoms with Crippen LogP contribution in [0.4, 0.5) is 13.2 Å². The molecule has 148 valence electrons. The van der Waals surface area contributed by atoms with Crippen LogP contribution in [0.5, 0.6) is 0 Å². The molecule has 1 heterocycles. The molecule has 1 aliphatic rings. The van der Waals surface area contributed by atoms with Crippen molar-refractivity contribution in [1.82, 2.24) is 4.90 Å². The summed E-state index contributed by atoms with van der Waals surface area (Å²) in [4.78, 5) is 25.8. The highest BCUT2D eigenvalue weighted by atomic mass is 19.4. The molecule has 1 aliphatic heterocycles. The molecule has 2 aromatic carbocycles. The second-order valence-corrected chi connectivity index (χ2v) is 7.09. The summed E-state index contributed by atoms with van der Waals surface area (Å²) in [7, 11) is 0. The average molecular weight is 391 g/mol. The monoisotopic (exact) mass is 391 g/mol. The first-order valence-electron chi connectivity index (χ1n) is 8.92. The fraction of sp³-hybridized carbons (Fsp3) is 0.333. The highest BCUT2D eigenvalue weighted by molar-refractivity contribution is 5.82. The van der Waals surface area contributed by atoms with Gasteiger partial charge in [-0.3, -0.25) is 9.59 Å². The standard InChI is InChI=1S/C21H20F3NO3/c1-13(14-6-4-7-16(10-14)21(22,23)24)9-19(26)25-11-15-5-2-3-8-17(15)18(12-25)20(27)28/h2-8,10,13,18H,9,11-12H2,1H3,(H,27,28). The van der Waals surface area contributed by atoms with Gasteiger partial charge in [0, 0.05) is 19.5 Å². The van der Waals surface area contributed by atoms with Gasteiger partial charge in [-0.25, -0.2) is 0 Å². The van der Waals surface area contributed by atoms with Crippen molar-refractivity contribution in [2.24, 2.45) is 0 Å². The number of hydrogen-bond donors (Lipinski definition) is 1. The van der Waals surface area contributed by atoms with Crippen molar-refractivity contribution in [3.63, 3.8) is 0 Å². The van der Waals surface area contributed by atoms with Gasteiger partial charge in [0.15, 0.2) is 0 Å². The molecule has 0 spiro atoms. The van der Waals surface area contributed by atoms with Crippen LogP contribution in [0.2, 0.25) is 0 Å². The first-order valence-corrected chi connectivity index (χ1v) is 8.92. The maximum absolute atomic E-state index is 12.9. The van der Waals surface area contributed by atoms with E-state index in [2.05, 4.69) is 0 Å². The molecule has 0 saturated carbocycles. The van der Waals surface area contributed by atoms with E-state index in [0.717, 1.165) is 17.7 Å². The number of halogens is 3. The van der Waals surface area contributed by atoms with Gasteiger partial charge in [0.25, 0.3) is 0 Å². The van der Waals surface area contributed by atoms with Gasteiger partial charge >= 0.3 is 12.1 Å². The SMILES string of the molecule is CC(CC(=O)N1Cc2ccccc2C(C(=O)O)C1)c1cccc(C(F)(F)F)c1. The van der Waals surface area contributed by atoms with Crippen LogP contribution < -0.4 is 0 Å². The van der Waals surface area contributed by atoms with Crippen molar-refractivity contribution in [1.29, 1.82) is 0 Å². The lowest BCUT2D eigenvalue weighted by Gasteiger charge is -2.33. The number of fused-ring (bicyclic) bond motifs is 1. The van der Waals surface area contributed by atoms with E-state index in [1.165, 1.54) is 11.0 Å². The van der Waals surface area contributed by atoms with Crippen LogP contribution in [-0.2, 0) is 22.3 Å². The molecule has 7 heteroatoms. The first kappa shape index (κ1) is 19.9. The van der Waals surface area contributed by atoms with Gasteiger partial charge in [0.05, 0.1) is 11.5 Å². The van der Waals surface area contributed by atoms with Crippen LogP contribution in [-0.4, -0.2) is 28.4 Å². The van der Waals surface area contributed by atoms with E-state index >= 15 is 0 Å². The number of carbonyl (C=O) groups is 2. The lowest BCUT2D eigenvalue weighted by molar-refractivity contribution is -0.141. The highest BCUT2D eigenvalue weighted by Crippen LogP contribution is 2.33. The smallest absolute Gasteiger partial charge is 0.416 e. The van der Waals surface area contributed by atoms with Crippen LogP contribution in [0, 0.1) is 0 Å². The molecule has 0 radical (unpaired) electrons. The number of amides is 1. The van der Waals surface area contributed by atoms with Gasteiger partial charge in [-0.15, -0.1) is 0 Å². The van der Waals surface area contributed by atoms with Crippen LogP contribution in [0.1, 0.15) is 47.4 Å². The summed E-state index contributed by atoms with van der Waals surface area (Å²) in [5.41, 5.74) is 1.16. The Hall–Kier alpha value is -2.83. The van der Waals surface area contributed by atoms with Crippen molar-refractivity contribution < 1.29 is 27.9 Å². The van der Waals surface area contributed by atoms with Crippen LogP contribution in [0.25, 0.3) is 0 Å². The lowest BCUT2D eigenvalue weighted by Crippen LogP contribution is -2.40. The molecule has 0 aromatic heterocycles. The summed E-state index contributed by atoms with van der Waals surface area (Å²) in [6.07, 6.45) is -4.43. The van der Waals surface area contributed by atoms with Gasteiger partial charge in [0.1, 0.15) is 0 Å². The number of carboxylic acid groups (broad SMARTS) is 1. The Morgan fingerprint density at radius 2 is 1.89 bits per heavy atom. The van der Waals surface area contributed by atoms with E-state index in [1.807, 2.05) is 0 Å². The second kappa shape index (κ2) is 7.66. The van der Waals surface area contributed by atoms with Gasteiger partial charge in [-0.2, -0.15) is 13.2 Å². The average Bonchev–Trinajstić information content (AvgIpc) is 2.66. The fourth-order valence-corrected chi connectivity index (χ4v) is 3.54. The third kappa shape index (κ3) is 4.18. The molecule has 2 aromatic rings. The fourth-order valence-electron chi connectivity index (χ4n) is 3.54. The van der Waals surface area contributed by atoms with E-state index < -0.39 is 29.5 Å². The summed E-state index contributed by atoms with van der Waals surface area (Å²) in [5.74, 6) is -2.51. The number of alkyl halides is 3. The van der Waals surface area contributed by atoms with Crippen molar-refractivity contribution in [3.05, 3.63) is 70.8 Å². The van der Waals surface area contributed by atoms with Gasteiger partial charge in [0.2, 0.25) is 5.91 Å². The molecule has 28 heavy (non-hydrogen) atoms. The van der Waals surface area contributed by atoms with Crippen molar-refractivity contribution in [2.45, 2.75) is 37.9 Å². The first-order chi connectivity index (χ1) is 13.2. The lowest BCUT2D eigenvalue weighted by atomic mass is 9.89. The molecular formula is C21H20F3NO3. The Labute approximate surface area is 160 Å². The Kier molecular flexibility index (Phi) is 5.45. The summed E-state index contributed by atoms with van der Waals surface area (Å²) in [5, 5.41) is 9.51. The minimum absolute atomic E-state index is 0.00974. The third-order valence-corrected chi connectivity index (χ3v) is 5.11. The van der Waals surface area contributed by atoms with Crippen molar-refractivity contribution in [2.75, 3.05) is 6.54 Å². The second-order valence-electron chi connectivity index (χ2n) is 7.09. The molecule has 3 rings (SSSR count). The number of rotatable bonds is 4. The summed E-state index contributed by atoms with van der Waals surface area (Å²) in [6, 6.07) is 12.1. The molecule has 4 nitrogen and oxygen atoms in total. The summed E-state index contributed by atoms with van der Waals surface area (Å²) in [6.45, 7) is 2.05. The predicted molar refractivity (Wildman–Crippen MR) is 96.7 cm³/mol. The number of nitrogens with zero attached hydrogens (tertiary/aromatic N) is 1. The topological polar surface area (TPSA) is 57.6 Å². The Balaban J connectivity index is 1.76. The quantitative estimate of drug-likeness (QED) is 0.840. The van der Waals surface area contributed by atoms with Crippen LogP contribution in [0.15, 0.2) is 48.5 Å². The predicted octanol–water partition coefficient (Wildman–Crippen LogP) is 4.41. The zero-order valence-corrected chi connectivity index (χ0v) is 15.2. The van der Waals surface area contributed by atoms with Gasteiger partial charge in [-0.1, -0.05) is 49.4 Å². The molecule has 2 unspecified atom stereocenters. The van der Waals surface area contributed by atoms with Crippen LogP contribution >= 0.6 is 0 Å². The molecule has 0 saturated heterocycles. The van der Waals surface area contributed by atoms with Gasteiger partial charge < -0.3 is 10.0 Å². The minimum Gasteiger partial charge on any atom is -0.481 e. The minimum atomic E-state index is -4.44. The summed E-state index contributed by atoms with van der Waals surface area (Å²) < 4.78 is 38.7. The van der Waals surface area contributed by atoms with Crippen LogP contribution in [0.3, 0.4) is 0 Å². The Bertz CT molecular complexity index is 894. The van der Waals surface area contributed by atoms with Crippen molar-refractivity contribution >= 4 is 11.9 Å². The van der Waals surface area contributed by atoms with E-state index in [1.54, 1.807) is 37.3 Å². The normalized spacial score (nSPS) is 17.7. The number of benzene rings is 2. The molecule has 2 atom stereocenters. The van der Waals surface area contributed by atoms with Gasteiger partial charge in [-0.05, 0) is 28.7 Å². The largest absolute Gasteiger partial charge is 0.481 e. The maximum atomic E-state index is 12.9. The van der Waals surface area contributed by atoms with Crippen molar-refractivity contribution in [3.8, 4) is 0 Å². The molecule has 0 fully saturated rings.